The topological polar surface area (TPSA) is 20.3 Å². The molecule has 6 unspecified atom stereocenters. The minimum Gasteiger partial charge on any atom is -0.306 e. The predicted octanol–water partition coefficient (Wildman–Crippen LogP) is 4.67. The lowest BCUT2D eigenvalue weighted by Gasteiger charge is -2.48. The van der Waals surface area contributed by atoms with Crippen LogP contribution in [0, 0.1) is 28.6 Å². The van der Waals surface area contributed by atoms with E-state index in [1.165, 1.54) is 57.8 Å². The largest absolute Gasteiger partial charge is 0.306 e. The highest BCUT2D eigenvalue weighted by Gasteiger charge is 2.73. The van der Waals surface area contributed by atoms with Gasteiger partial charge in [0.1, 0.15) is 5.78 Å². The van der Waals surface area contributed by atoms with Crippen molar-refractivity contribution in [3.63, 3.8) is 0 Å². The standard InChI is InChI=1S/C21H35NO/c1-15-9-11-20-14-21(20)12-10-18(22(2)3)13-17(21)8-7-16(20)5-4-6-19(15)23/h15-18H,4-14H2,1-3H3. The molecule has 0 aromatic carbocycles. The van der Waals surface area contributed by atoms with E-state index in [2.05, 4.69) is 25.9 Å². The third-order valence-electron chi connectivity index (χ3n) is 8.68. The zero-order chi connectivity index (χ0) is 16.2. The van der Waals surface area contributed by atoms with Gasteiger partial charge in [-0.05, 0) is 101 Å². The number of Topliss-reactive ketones (excluding diaryl/α,β-unsaturated/α-hetero) is 1. The van der Waals surface area contributed by atoms with Gasteiger partial charge in [0.2, 0.25) is 0 Å². The van der Waals surface area contributed by atoms with E-state index < -0.39 is 0 Å². The molecule has 2 heteroatoms. The number of nitrogens with zero attached hydrogens (tertiary/aromatic N) is 1. The second-order valence-corrected chi connectivity index (χ2v) is 9.65. The fraction of sp³-hybridized carbons (Fsp3) is 0.952. The maximum atomic E-state index is 12.2. The Morgan fingerprint density at radius 3 is 2.43 bits per heavy atom. The van der Waals surface area contributed by atoms with Crippen molar-refractivity contribution in [1.82, 2.24) is 4.90 Å². The van der Waals surface area contributed by atoms with Gasteiger partial charge in [-0.2, -0.15) is 0 Å². The maximum absolute atomic E-state index is 12.2. The van der Waals surface area contributed by atoms with E-state index in [1.807, 2.05) is 0 Å². The number of carbonyl (C=O) groups excluding carboxylic acids is 1. The van der Waals surface area contributed by atoms with Gasteiger partial charge in [-0.1, -0.05) is 6.92 Å². The Kier molecular flexibility index (Phi) is 3.91. The summed E-state index contributed by atoms with van der Waals surface area (Å²) in [6, 6.07) is 0.816. The van der Waals surface area contributed by atoms with Crippen molar-refractivity contribution in [3.8, 4) is 0 Å². The summed E-state index contributed by atoms with van der Waals surface area (Å²) in [5.74, 6) is 2.78. The molecule has 4 rings (SSSR count). The summed E-state index contributed by atoms with van der Waals surface area (Å²) in [4.78, 5) is 14.7. The molecule has 0 bridgehead atoms. The Balaban J connectivity index is 1.56. The van der Waals surface area contributed by atoms with Crippen LogP contribution in [0.25, 0.3) is 0 Å². The maximum Gasteiger partial charge on any atom is 0.135 e. The Hall–Kier alpha value is -0.370. The van der Waals surface area contributed by atoms with Crippen LogP contribution in [0.5, 0.6) is 0 Å². The summed E-state index contributed by atoms with van der Waals surface area (Å²) < 4.78 is 0. The molecule has 2 spiro atoms. The summed E-state index contributed by atoms with van der Waals surface area (Å²) in [6.45, 7) is 2.19. The van der Waals surface area contributed by atoms with E-state index in [9.17, 15) is 4.79 Å². The first kappa shape index (κ1) is 16.1. The Labute approximate surface area is 142 Å². The van der Waals surface area contributed by atoms with Crippen LogP contribution >= 0.6 is 0 Å². The predicted molar refractivity (Wildman–Crippen MR) is 94.3 cm³/mol. The molecule has 0 aromatic heterocycles. The van der Waals surface area contributed by atoms with E-state index in [4.69, 9.17) is 0 Å². The average molecular weight is 318 g/mol. The molecule has 0 aliphatic heterocycles. The minimum atomic E-state index is 0.319. The minimum absolute atomic E-state index is 0.319. The molecule has 4 aliphatic rings. The first-order valence-electron chi connectivity index (χ1n) is 10.2. The van der Waals surface area contributed by atoms with Crippen LogP contribution in [0.15, 0.2) is 0 Å². The van der Waals surface area contributed by atoms with E-state index >= 15 is 0 Å². The summed E-state index contributed by atoms with van der Waals surface area (Å²) in [7, 11) is 4.54. The smallest absolute Gasteiger partial charge is 0.135 e. The van der Waals surface area contributed by atoms with Crippen molar-refractivity contribution < 1.29 is 4.79 Å². The highest BCUT2D eigenvalue weighted by Crippen LogP contribution is 2.81. The van der Waals surface area contributed by atoms with E-state index in [-0.39, 0.29) is 0 Å². The lowest BCUT2D eigenvalue weighted by atomic mass is 9.59. The lowest BCUT2D eigenvalue weighted by Crippen LogP contribution is -2.43. The third kappa shape index (κ3) is 2.34. The second kappa shape index (κ2) is 5.58. The molecule has 4 aliphatic carbocycles. The van der Waals surface area contributed by atoms with Crippen molar-refractivity contribution in [2.45, 2.75) is 83.6 Å². The summed E-state index contributed by atoms with van der Waals surface area (Å²) in [5.41, 5.74) is 1.33. The molecular weight excluding hydrogens is 282 g/mol. The molecule has 130 valence electrons. The van der Waals surface area contributed by atoms with Crippen LogP contribution in [0.1, 0.15) is 77.6 Å². The molecule has 0 aromatic rings. The number of ketones is 1. The van der Waals surface area contributed by atoms with Crippen molar-refractivity contribution >= 4 is 5.78 Å². The van der Waals surface area contributed by atoms with E-state index in [0.29, 0.717) is 22.5 Å². The van der Waals surface area contributed by atoms with Gasteiger partial charge in [-0.15, -0.1) is 0 Å². The van der Waals surface area contributed by atoms with Gasteiger partial charge < -0.3 is 4.90 Å². The third-order valence-corrected chi connectivity index (χ3v) is 8.68. The lowest BCUT2D eigenvalue weighted by molar-refractivity contribution is -0.122. The first-order chi connectivity index (χ1) is 11.0. The molecule has 23 heavy (non-hydrogen) atoms. The van der Waals surface area contributed by atoms with Crippen molar-refractivity contribution in [3.05, 3.63) is 0 Å². The fourth-order valence-corrected chi connectivity index (χ4v) is 7.17. The normalized spacial score (nSPS) is 50.2. The number of carbonyl (C=O) groups is 1. The van der Waals surface area contributed by atoms with Gasteiger partial charge in [0, 0.05) is 18.4 Å². The number of rotatable bonds is 1. The van der Waals surface area contributed by atoms with Gasteiger partial charge in [0.25, 0.3) is 0 Å². The van der Waals surface area contributed by atoms with Gasteiger partial charge in [-0.25, -0.2) is 0 Å². The molecule has 0 saturated heterocycles. The molecule has 4 saturated carbocycles. The van der Waals surface area contributed by atoms with Gasteiger partial charge in [0.05, 0.1) is 0 Å². The molecule has 0 amide bonds. The second-order valence-electron chi connectivity index (χ2n) is 9.65. The molecule has 6 atom stereocenters. The van der Waals surface area contributed by atoms with Gasteiger partial charge in [0.15, 0.2) is 0 Å². The van der Waals surface area contributed by atoms with Crippen LogP contribution in [0.4, 0.5) is 0 Å². The SMILES string of the molecule is CC1CCC23CC24CCC(N(C)C)CC4CCC3CCCC1=O. The number of hydrogen-bond donors (Lipinski definition) is 0. The quantitative estimate of drug-likeness (QED) is 0.700. The Morgan fingerprint density at radius 1 is 0.957 bits per heavy atom. The van der Waals surface area contributed by atoms with Crippen molar-refractivity contribution in [2.75, 3.05) is 14.1 Å². The highest BCUT2D eigenvalue weighted by molar-refractivity contribution is 5.80. The van der Waals surface area contributed by atoms with Crippen LogP contribution in [0.3, 0.4) is 0 Å². The van der Waals surface area contributed by atoms with Crippen LogP contribution < -0.4 is 0 Å². The van der Waals surface area contributed by atoms with Crippen LogP contribution in [-0.2, 0) is 4.79 Å². The first-order valence-corrected chi connectivity index (χ1v) is 10.2. The van der Waals surface area contributed by atoms with Crippen molar-refractivity contribution in [2.24, 2.45) is 28.6 Å². The fourth-order valence-electron chi connectivity index (χ4n) is 7.17. The molecule has 0 heterocycles. The van der Waals surface area contributed by atoms with Crippen LogP contribution in [0.2, 0.25) is 0 Å². The average Bonchev–Trinajstić information content (AvgIpc) is 3.19. The summed E-state index contributed by atoms with van der Waals surface area (Å²) in [5, 5.41) is 0. The molecule has 4 fully saturated rings. The number of hydrogen-bond acceptors (Lipinski definition) is 2. The van der Waals surface area contributed by atoms with Crippen molar-refractivity contribution in [1.29, 1.82) is 0 Å². The Morgan fingerprint density at radius 2 is 1.65 bits per heavy atom. The van der Waals surface area contributed by atoms with E-state index in [0.717, 1.165) is 30.7 Å². The monoisotopic (exact) mass is 317 g/mol. The molecule has 2 nitrogen and oxygen atoms in total. The molecular formula is C21H35NO. The van der Waals surface area contributed by atoms with Crippen LogP contribution in [-0.4, -0.2) is 30.8 Å². The van der Waals surface area contributed by atoms with Gasteiger partial charge >= 0.3 is 0 Å². The van der Waals surface area contributed by atoms with Gasteiger partial charge in [-0.3, -0.25) is 4.79 Å². The molecule has 0 radical (unpaired) electrons. The molecule has 0 N–H and O–H groups in total. The zero-order valence-electron chi connectivity index (χ0n) is 15.4. The highest BCUT2D eigenvalue weighted by atomic mass is 16.1. The van der Waals surface area contributed by atoms with E-state index in [1.54, 1.807) is 0 Å². The zero-order valence-corrected chi connectivity index (χ0v) is 15.4. The summed E-state index contributed by atoms with van der Waals surface area (Å²) in [6.07, 6.45) is 14.6. The summed E-state index contributed by atoms with van der Waals surface area (Å²) >= 11 is 0. The Bertz CT molecular complexity index is 486.